The highest BCUT2D eigenvalue weighted by atomic mass is 16.5. The number of phenols is 1. The molecular weight excluding hydrogens is 520 g/mol. The van der Waals surface area contributed by atoms with Crippen molar-refractivity contribution in [1.29, 1.82) is 0 Å². The van der Waals surface area contributed by atoms with E-state index in [1.807, 2.05) is 18.2 Å². The van der Waals surface area contributed by atoms with Crippen LogP contribution in [0.25, 0.3) is 0 Å². The predicted octanol–water partition coefficient (Wildman–Crippen LogP) is 4.45. The molecule has 4 amide bonds. The van der Waals surface area contributed by atoms with Crippen molar-refractivity contribution in [2.24, 2.45) is 29.6 Å². The van der Waals surface area contributed by atoms with Gasteiger partial charge in [-0.3, -0.25) is 29.0 Å². The molecule has 8 heteroatoms. The van der Waals surface area contributed by atoms with Crippen LogP contribution in [0.4, 0.5) is 11.4 Å². The van der Waals surface area contributed by atoms with E-state index in [0.29, 0.717) is 35.5 Å². The average molecular weight is 549 g/mol. The summed E-state index contributed by atoms with van der Waals surface area (Å²) in [6, 6.07) is 22.6. The number of rotatable bonds is 4. The Balaban J connectivity index is 1.36. The monoisotopic (exact) mass is 548 g/mol. The number of phenolic OH excluding ortho intramolecular Hbond substituents is 1. The molecule has 0 bridgehead atoms. The van der Waals surface area contributed by atoms with Gasteiger partial charge in [0, 0.05) is 17.5 Å². The molecule has 6 atom stereocenters. The number of amides is 4. The summed E-state index contributed by atoms with van der Waals surface area (Å²) in [6.45, 7) is 0. The Bertz CT molecular complexity index is 1620. The van der Waals surface area contributed by atoms with Gasteiger partial charge in [0.15, 0.2) is 0 Å². The molecule has 1 N–H and O–H groups in total. The molecule has 2 saturated heterocycles. The van der Waals surface area contributed by atoms with Crippen molar-refractivity contribution >= 4 is 35.0 Å². The number of ether oxygens (including phenoxy) is 1. The summed E-state index contributed by atoms with van der Waals surface area (Å²) < 4.78 is 5.65. The highest BCUT2D eigenvalue weighted by Crippen LogP contribution is 2.59. The quantitative estimate of drug-likeness (QED) is 0.382. The molecule has 41 heavy (non-hydrogen) atoms. The van der Waals surface area contributed by atoms with E-state index in [-0.39, 0.29) is 29.4 Å². The predicted molar refractivity (Wildman–Crippen MR) is 150 cm³/mol. The molecule has 2 aliphatic carbocycles. The van der Waals surface area contributed by atoms with Crippen molar-refractivity contribution in [3.8, 4) is 11.5 Å². The molecule has 3 fully saturated rings. The lowest BCUT2D eigenvalue weighted by atomic mass is 9.57. The van der Waals surface area contributed by atoms with E-state index in [0.717, 1.165) is 5.57 Å². The fraction of sp³-hybridized carbons (Fsp3) is 0.273. The molecule has 3 aromatic rings. The zero-order valence-electron chi connectivity index (χ0n) is 22.3. The molecule has 0 spiro atoms. The van der Waals surface area contributed by atoms with Crippen LogP contribution in [0, 0.1) is 29.6 Å². The summed E-state index contributed by atoms with van der Waals surface area (Å²) in [7, 11) is 1.50. The van der Waals surface area contributed by atoms with Crippen molar-refractivity contribution in [2.75, 3.05) is 16.9 Å². The summed E-state index contributed by atoms with van der Waals surface area (Å²) in [6.07, 6.45) is 2.66. The van der Waals surface area contributed by atoms with Gasteiger partial charge in [-0.2, -0.15) is 0 Å². The Morgan fingerprint density at radius 1 is 0.707 bits per heavy atom. The van der Waals surface area contributed by atoms with Gasteiger partial charge >= 0.3 is 0 Å². The number of para-hydroxylation sites is 2. The van der Waals surface area contributed by atoms with Crippen LogP contribution in [0.5, 0.6) is 11.5 Å². The Morgan fingerprint density at radius 3 is 1.90 bits per heavy atom. The first-order chi connectivity index (χ1) is 19.9. The van der Waals surface area contributed by atoms with Crippen LogP contribution >= 0.6 is 0 Å². The summed E-state index contributed by atoms with van der Waals surface area (Å²) in [5.41, 5.74) is 2.59. The molecule has 7 rings (SSSR count). The lowest BCUT2D eigenvalue weighted by molar-refractivity contribution is -0.126. The van der Waals surface area contributed by atoms with Crippen molar-refractivity contribution < 1.29 is 29.0 Å². The maximum Gasteiger partial charge on any atom is 0.238 e. The molecule has 1 saturated carbocycles. The molecule has 3 aromatic carbocycles. The second-order valence-corrected chi connectivity index (χ2v) is 11.1. The third-order valence-electron chi connectivity index (χ3n) is 9.23. The number of carbonyl (C=O) groups is 4. The third-order valence-corrected chi connectivity index (χ3v) is 9.23. The minimum Gasteiger partial charge on any atom is -0.508 e. The fourth-order valence-electron chi connectivity index (χ4n) is 7.56. The first kappa shape index (κ1) is 25.3. The summed E-state index contributed by atoms with van der Waals surface area (Å²) in [4.78, 5) is 58.2. The number of anilines is 2. The molecule has 6 unspecified atom stereocenters. The maximum atomic E-state index is 14.1. The van der Waals surface area contributed by atoms with Gasteiger partial charge in [-0.15, -0.1) is 0 Å². The summed E-state index contributed by atoms with van der Waals surface area (Å²) >= 11 is 0. The Morgan fingerprint density at radius 2 is 1.29 bits per heavy atom. The number of benzene rings is 3. The van der Waals surface area contributed by atoms with Gasteiger partial charge in [-0.25, -0.2) is 0 Å². The molecule has 206 valence electrons. The Kier molecular flexibility index (Phi) is 5.81. The number of hydrogen-bond donors (Lipinski definition) is 1. The van der Waals surface area contributed by atoms with Crippen molar-refractivity contribution in [1.82, 2.24) is 0 Å². The van der Waals surface area contributed by atoms with E-state index in [9.17, 15) is 24.3 Å². The highest BCUT2D eigenvalue weighted by Gasteiger charge is 2.62. The van der Waals surface area contributed by atoms with Crippen LogP contribution in [0.2, 0.25) is 0 Å². The normalized spacial score (nSPS) is 28.8. The molecule has 4 aliphatic rings. The summed E-state index contributed by atoms with van der Waals surface area (Å²) in [5, 5.41) is 10.2. The molecule has 8 nitrogen and oxygen atoms in total. The fourth-order valence-corrected chi connectivity index (χ4v) is 7.56. The van der Waals surface area contributed by atoms with Crippen LogP contribution in [-0.2, 0) is 19.2 Å². The smallest absolute Gasteiger partial charge is 0.238 e. The lowest BCUT2D eigenvalue weighted by Crippen LogP contribution is -2.43. The van der Waals surface area contributed by atoms with Crippen LogP contribution in [0.15, 0.2) is 90.5 Å². The van der Waals surface area contributed by atoms with E-state index in [1.165, 1.54) is 23.0 Å². The first-order valence-electron chi connectivity index (χ1n) is 13.8. The van der Waals surface area contributed by atoms with Crippen molar-refractivity contribution in [3.05, 3.63) is 96.1 Å². The van der Waals surface area contributed by atoms with Crippen LogP contribution in [0.3, 0.4) is 0 Å². The SMILES string of the molecule is COc1cc(O)ccc1C1C2=CCC3C(=O)N(c4ccccc4)C(=O)C3C2CC2C(=O)N(c3ccccc3)C(=O)C21. The largest absolute Gasteiger partial charge is 0.508 e. The van der Waals surface area contributed by atoms with E-state index < -0.39 is 35.5 Å². The highest BCUT2D eigenvalue weighted by molar-refractivity contribution is 6.24. The van der Waals surface area contributed by atoms with Gasteiger partial charge in [0.2, 0.25) is 23.6 Å². The average Bonchev–Trinajstić information content (AvgIpc) is 3.40. The van der Waals surface area contributed by atoms with Crippen LogP contribution in [-0.4, -0.2) is 35.8 Å². The molecule has 0 radical (unpaired) electrons. The first-order valence-corrected chi connectivity index (χ1v) is 13.8. The number of allylic oxidation sites excluding steroid dienone is 2. The number of nitrogens with zero attached hydrogens (tertiary/aromatic N) is 2. The minimum atomic E-state index is -0.711. The lowest BCUT2D eigenvalue weighted by Gasteiger charge is -2.44. The number of methoxy groups -OCH3 is 1. The maximum absolute atomic E-state index is 14.1. The molecule has 2 aliphatic heterocycles. The zero-order valence-corrected chi connectivity index (χ0v) is 22.3. The van der Waals surface area contributed by atoms with Crippen molar-refractivity contribution in [2.45, 2.75) is 18.8 Å². The van der Waals surface area contributed by atoms with Crippen molar-refractivity contribution in [3.63, 3.8) is 0 Å². The molecule has 0 aromatic heterocycles. The van der Waals surface area contributed by atoms with Gasteiger partial charge in [0.05, 0.1) is 42.2 Å². The standard InChI is InChI=1S/C33H28N2O6/c1-41-26-16-20(36)12-13-22(26)27-21-14-15-23-28(32(39)34(30(23)37)18-8-4-2-5-9-18)24(21)17-25-29(27)33(40)35(31(25)38)19-10-6-3-7-11-19/h2-14,16,23-25,27-29,36H,15,17H2,1H3. The van der Waals surface area contributed by atoms with E-state index in [2.05, 4.69) is 0 Å². The topological polar surface area (TPSA) is 104 Å². The van der Waals surface area contributed by atoms with E-state index in [4.69, 9.17) is 4.74 Å². The van der Waals surface area contributed by atoms with Gasteiger partial charge in [-0.05, 0) is 49.1 Å². The number of carbonyl (C=O) groups excluding carboxylic acids is 4. The van der Waals surface area contributed by atoms with Gasteiger partial charge < -0.3 is 9.84 Å². The van der Waals surface area contributed by atoms with E-state index in [1.54, 1.807) is 60.7 Å². The number of hydrogen-bond acceptors (Lipinski definition) is 6. The third kappa shape index (κ3) is 3.66. The zero-order chi connectivity index (χ0) is 28.4. The second-order valence-electron chi connectivity index (χ2n) is 11.1. The number of aromatic hydroxyl groups is 1. The number of imide groups is 2. The van der Waals surface area contributed by atoms with Crippen LogP contribution in [0.1, 0.15) is 24.3 Å². The Hall–Kier alpha value is -4.72. The Labute approximate surface area is 236 Å². The number of fused-ring (bicyclic) bond motifs is 4. The van der Waals surface area contributed by atoms with Gasteiger partial charge in [0.1, 0.15) is 11.5 Å². The van der Waals surface area contributed by atoms with E-state index >= 15 is 0 Å². The van der Waals surface area contributed by atoms with Gasteiger partial charge in [0.25, 0.3) is 0 Å². The van der Waals surface area contributed by atoms with Gasteiger partial charge in [-0.1, -0.05) is 54.1 Å². The summed E-state index contributed by atoms with van der Waals surface area (Å²) in [5.74, 6) is -4.22. The molecular formula is C33H28N2O6. The second kappa shape index (κ2) is 9.44. The van der Waals surface area contributed by atoms with Crippen LogP contribution < -0.4 is 14.5 Å². The molecule has 2 heterocycles. The minimum absolute atomic E-state index is 0.0157.